The van der Waals surface area contributed by atoms with E-state index in [0.717, 1.165) is 0 Å². The first kappa shape index (κ1) is 13.2. The monoisotopic (exact) mass is 257 g/mol. The number of hydrogen-bond acceptors (Lipinski definition) is 4. The van der Waals surface area contributed by atoms with Crippen LogP contribution in [0.25, 0.3) is 0 Å². The summed E-state index contributed by atoms with van der Waals surface area (Å²) in [5.41, 5.74) is -0.243. The molecule has 0 aliphatic carbocycles. The molecule has 0 saturated heterocycles. The molecule has 0 aliphatic rings. The number of nitrogens with one attached hydrogen (secondary N) is 2. The molecular formula is C10H12ClN3O3. The van der Waals surface area contributed by atoms with Gasteiger partial charge >= 0.3 is 5.97 Å². The van der Waals surface area contributed by atoms with Crippen molar-refractivity contribution < 1.29 is 14.7 Å². The predicted molar refractivity (Wildman–Crippen MR) is 63.4 cm³/mol. The molecule has 0 saturated carbocycles. The normalized spacial score (nSPS) is 9.76. The maximum Gasteiger partial charge on any atom is 0.356 e. The van der Waals surface area contributed by atoms with Crippen LogP contribution in [0.1, 0.15) is 17.4 Å². The van der Waals surface area contributed by atoms with Crippen LogP contribution in [-0.4, -0.2) is 35.1 Å². The lowest BCUT2D eigenvalue weighted by Gasteiger charge is -2.06. The number of aromatic nitrogens is 1. The van der Waals surface area contributed by atoms with Crippen LogP contribution >= 0.6 is 11.6 Å². The summed E-state index contributed by atoms with van der Waals surface area (Å²) in [7, 11) is 0. The lowest BCUT2D eigenvalue weighted by molar-refractivity contribution is -0.119. The average Bonchev–Trinajstić information content (AvgIpc) is 2.28. The summed E-state index contributed by atoms with van der Waals surface area (Å²) in [4.78, 5) is 25.7. The van der Waals surface area contributed by atoms with Crippen molar-refractivity contribution in [2.75, 3.05) is 18.4 Å². The zero-order valence-electron chi connectivity index (χ0n) is 9.16. The van der Waals surface area contributed by atoms with Gasteiger partial charge in [0.25, 0.3) is 0 Å². The van der Waals surface area contributed by atoms with E-state index in [4.69, 9.17) is 16.7 Å². The molecule has 1 rings (SSSR count). The number of carbonyl (C=O) groups excluding carboxylic acids is 1. The third-order valence-corrected chi connectivity index (χ3v) is 2.16. The number of rotatable bonds is 5. The van der Waals surface area contributed by atoms with Crippen molar-refractivity contribution >= 4 is 29.3 Å². The molecule has 0 bridgehead atoms. The Balaban J connectivity index is 2.69. The van der Waals surface area contributed by atoms with Gasteiger partial charge in [-0.25, -0.2) is 9.78 Å². The van der Waals surface area contributed by atoms with Crippen molar-refractivity contribution in [2.45, 2.75) is 6.92 Å². The second kappa shape index (κ2) is 6.05. The van der Waals surface area contributed by atoms with E-state index in [1.807, 2.05) is 0 Å². The third kappa shape index (κ3) is 3.92. The number of amides is 1. The van der Waals surface area contributed by atoms with E-state index in [1.165, 1.54) is 12.1 Å². The molecule has 17 heavy (non-hydrogen) atoms. The van der Waals surface area contributed by atoms with Gasteiger partial charge in [0.05, 0.1) is 11.6 Å². The standard InChI is InChI=1S/C10H12ClN3O3/c1-2-12-8(15)5-13-7-4-3-6(11)9(14-7)10(16)17/h3-4H,2,5H2,1H3,(H,12,15)(H,13,14)(H,16,17). The number of carboxylic acid groups (broad SMARTS) is 1. The van der Waals surface area contributed by atoms with Crippen LogP contribution < -0.4 is 10.6 Å². The Morgan fingerprint density at radius 2 is 2.18 bits per heavy atom. The van der Waals surface area contributed by atoms with Crippen molar-refractivity contribution in [3.05, 3.63) is 22.8 Å². The molecular weight excluding hydrogens is 246 g/mol. The summed E-state index contributed by atoms with van der Waals surface area (Å²) < 4.78 is 0. The van der Waals surface area contributed by atoms with Crippen molar-refractivity contribution in [1.82, 2.24) is 10.3 Å². The zero-order chi connectivity index (χ0) is 12.8. The molecule has 0 aromatic carbocycles. The number of halogens is 1. The smallest absolute Gasteiger partial charge is 0.356 e. The molecule has 0 atom stereocenters. The van der Waals surface area contributed by atoms with Gasteiger partial charge in [-0.2, -0.15) is 0 Å². The summed E-state index contributed by atoms with van der Waals surface area (Å²) in [5, 5.41) is 14.2. The lowest BCUT2D eigenvalue weighted by atomic mass is 10.3. The lowest BCUT2D eigenvalue weighted by Crippen LogP contribution is -2.29. The van der Waals surface area contributed by atoms with Gasteiger partial charge in [0.2, 0.25) is 5.91 Å². The molecule has 0 unspecified atom stereocenters. The molecule has 0 radical (unpaired) electrons. The first-order valence-corrected chi connectivity index (χ1v) is 5.32. The van der Waals surface area contributed by atoms with E-state index in [0.29, 0.717) is 6.54 Å². The fourth-order valence-electron chi connectivity index (χ4n) is 1.12. The molecule has 0 aliphatic heterocycles. The van der Waals surface area contributed by atoms with Gasteiger partial charge in [-0.1, -0.05) is 11.6 Å². The molecule has 1 aromatic heterocycles. The van der Waals surface area contributed by atoms with Gasteiger partial charge in [0.15, 0.2) is 5.69 Å². The molecule has 0 fully saturated rings. The predicted octanol–water partition coefficient (Wildman–Crippen LogP) is 0.981. The fraction of sp³-hybridized carbons (Fsp3) is 0.300. The Bertz CT molecular complexity index is 437. The van der Waals surface area contributed by atoms with Crippen molar-refractivity contribution in [1.29, 1.82) is 0 Å². The van der Waals surface area contributed by atoms with Gasteiger partial charge in [0.1, 0.15) is 5.82 Å². The number of aromatic carboxylic acids is 1. The molecule has 1 heterocycles. The third-order valence-electron chi connectivity index (χ3n) is 1.85. The van der Waals surface area contributed by atoms with Crippen LogP contribution in [0, 0.1) is 0 Å². The molecule has 1 amide bonds. The quantitative estimate of drug-likeness (QED) is 0.731. The highest BCUT2D eigenvalue weighted by molar-refractivity contribution is 6.33. The Labute approximate surface area is 103 Å². The summed E-state index contributed by atoms with van der Waals surface area (Å²) >= 11 is 5.65. The number of pyridine rings is 1. The minimum Gasteiger partial charge on any atom is -0.476 e. The van der Waals surface area contributed by atoms with Crippen molar-refractivity contribution in [3.63, 3.8) is 0 Å². The minimum absolute atomic E-state index is 0.0293. The highest BCUT2D eigenvalue weighted by Crippen LogP contribution is 2.16. The average molecular weight is 258 g/mol. The molecule has 6 nitrogen and oxygen atoms in total. The second-order valence-corrected chi connectivity index (χ2v) is 3.55. The summed E-state index contributed by atoms with van der Waals surface area (Å²) in [5.74, 6) is -1.11. The van der Waals surface area contributed by atoms with Gasteiger partial charge in [-0.05, 0) is 19.1 Å². The van der Waals surface area contributed by atoms with E-state index in [-0.39, 0.29) is 29.0 Å². The van der Waals surface area contributed by atoms with Crippen LogP contribution in [0.5, 0.6) is 0 Å². The SMILES string of the molecule is CCNC(=O)CNc1ccc(Cl)c(C(=O)O)n1. The number of carboxylic acids is 1. The minimum atomic E-state index is -1.21. The van der Waals surface area contributed by atoms with Gasteiger partial charge < -0.3 is 15.7 Å². The summed E-state index contributed by atoms with van der Waals surface area (Å²) in [6, 6.07) is 2.92. The number of carbonyl (C=O) groups is 2. The maximum atomic E-state index is 11.2. The number of hydrogen-bond donors (Lipinski definition) is 3. The van der Waals surface area contributed by atoms with E-state index >= 15 is 0 Å². The van der Waals surface area contributed by atoms with E-state index in [9.17, 15) is 9.59 Å². The summed E-state index contributed by atoms with van der Waals surface area (Å²) in [6.45, 7) is 2.37. The number of anilines is 1. The first-order chi connectivity index (χ1) is 8.04. The van der Waals surface area contributed by atoms with Gasteiger partial charge in [0, 0.05) is 6.54 Å². The first-order valence-electron chi connectivity index (χ1n) is 4.95. The Hall–Kier alpha value is -1.82. The van der Waals surface area contributed by atoms with Gasteiger partial charge in [-0.3, -0.25) is 4.79 Å². The zero-order valence-corrected chi connectivity index (χ0v) is 9.91. The highest BCUT2D eigenvalue weighted by Gasteiger charge is 2.11. The van der Waals surface area contributed by atoms with Crippen molar-refractivity contribution in [2.24, 2.45) is 0 Å². The van der Waals surface area contributed by atoms with E-state index in [2.05, 4.69) is 15.6 Å². The van der Waals surface area contributed by atoms with Crippen LogP contribution in [0.2, 0.25) is 5.02 Å². The largest absolute Gasteiger partial charge is 0.476 e. The topological polar surface area (TPSA) is 91.3 Å². The molecule has 7 heteroatoms. The van der Waals surface area contributed by atoms with Crippen LogP contribution in [0.3, 0.4) is 0 Å². The number of nitrogens with zero attached hydrogens (tertiary/aromatic N) is 1. The Morgan fingerprint density at radius 1 is 1.47 bits per heavy atom. The molecule has 3 N–H and O–H groups in total. The van der Waals surface area contributed by atoms with Crippen molar-refractivity contribution in [3.8, 4) is 0 Å². The van der Waals surface area contributed by atoms with Crippen LogP contribution in [0.15, 0.2) is 12.1 Å². The highest BCUT2D eigenvalue weighted by atomic mass is 35.5. The Morgan fingerprint density at radius 3 is 2.76 bits per heavy atom. The maximum absolute atomic E-state index is 11.2. The Kier molecular flexibility index (Phi) is 4.71. The van der Waals surface area contributed by atoms with Crippen LogP contribution in [-0.2, 0) is 4.79 Å². The van der Waals surface area contributed by atoms with E-state index in [1.54, 1.807) is 6.92 Å². The molecule has 1 aromatic rings. The fourth-order valence-corrected chi connectivity index (χ4v) is 1.31. The van der Waals surface area contributed by atoms with E-state index < -0.39 is 5.97 Å². The molecule has 92 valence electrons. The van der Waals surface area contributed by atoms with Crippen LogP contribution in [0.4, 0.5) is 5.82 Å². The van der Waals surface area contributed by atoms with Gasteiger partial charge in [-0.15, -0.1) is 0 Å². The summed E-state index contributed by atoms with van der Waals surface area (Å²) in [6.07, 6.45) is 0. The second-order valence-electron chi connectivity index (χ2n) is 3.14. The number of likely N-dealkylation sites (N-methyl/N-ethyl adjacent to an activating group) is 1. The molecule has 0 spiro atoms.